The fourth-order valence-corrected chi connectivity index (χ4v) is 2.57. The van der Waals surface area contributed by atoms with Crippen molar-refractivity contribution in [1.82, 2.24) is 10.6 Å². The van der Waals surface area contributed by atoms with Gasteiger partial charge < -0.3 is 15.5 Å². The summed E-state index contributed by atoms with van der Waals surface area (Å²) in [6, 6.07) is 10.3. The maximum atomic E-state index is 12.0. The first kappa shape index (κ1) is 17.8. The first-order valence-electron chi connectivity index (χ1n) is 7.52. The maximum Gasteiger partial charge on any atom is 0.223 e. The molecule has 1 aromatic rings. The summed E-state index contributed by atoms with van der Waals surface area (Å²) in [5.41, 5.74) is 1.22. The standard InChI is InChI=1S/C16H25N3O.ClH/c1-19(15-6-3-2-4-7-15)13-5-10-18-16(20)14-8-11-17-12-9-14;/h2-4,6-7,14,17H,5,8-13H2,1H3,(H,18,20);1H. The van der Waals surface area contributed by atoms with Gasteiger partial charge in [0.1, 0.15) is 0 Å². The van der Waals surface area contributed by atoms with Crippen LogP contribution in [0, 0.1) is 5.92 Å². The molecule has 1 heterocycles. The number of amides is 1. The molecule has 5 heteroatoms. The molecule has 1 aliphatic rings. The van der Waals surface area contributed by atoms with Gasteiger partial charge in [0.15, 0.2) is 0 Å². The van der Waals surface area contributed by atoms with Crippen molar-refractivity contribution in [2.75, 3.05) is 38.1 Å². The number of nitrogens with zero attached hydrogens (tertiary/aromatic N) is 1. The van der Waals surface area contributed by atoms with Crippen LogP contribution in [-0.4, -0.2) is 39.1 Å². The lowest BCUT2D eigenvalue weighted by Crippen LogP contribution is -2.39. The van der Waals surface area contributed by atoms with Crippen LogP contribution in [0.1, 0.15) is 19.3 Å². The predicted octanol–water partition coefficient (Wildman–Crippen LogP) is 2.05. The van der Waals surface area contributed by atoms with Gasteiger partial charge in [-0.05, 0) is 44.5 Å². The Bertz CT molecular complexity index is 407. The molecule has 0 radical (unpaired) electrons. The molecule has 118 valence electrons. The SMILES string of the molecule is CN(CCCNC(=O)C1CCNCC1)c1ccccc1.Cl. The average Bonchev–Trinajstić information content (AvgIpc) is 2.53. The van der Waals surface area contributed by atoms with Crippen LogP contribution in [0.4, 0.5) is 5.69 Å². The summed E-state index contributed by atoms with van der Waals surface area (Å²) in [6.07, 6.45) is 2.91. The molecule has 2 N–H and O–H groups in total. The molecule has 0 aromatic heterocycles. The molecule has 0 spiro atoms. The van der Waals surface area contributed by atoms with Crippen LogP contribution >= 0.6 is 12.4 Å². The molecule has 1 aliphatic heterocycles. The van der Waals surface area contributed by atoms with E-state index in [0.29, 0.717) is 0 Å². The van der Waals surface area contributed by atoms with E-state index in [1.54, 1.807) is 0 Å². The van der Waals surface area contributed by atoms with Crippen LogP contribution in [0.5, 0.6) is 0 Å². The van der Waals surface area contributed by atoms with Crippen LogP contribution < -0.4 is 15.5 Å². The van der Waals surface area contributed by atoms with Gasteiger partial charge in [-0.2, -0.15) is 0 Å². The summed E-state index contributed by atoms with van der Waals surface area (Å²) < 4.78 is 0. The fraction of sp³-hybridized carbons (Fsp3) is 0.562. The molecule has 1 saturated heterocycles. The van der Waals surface area contributed by atoms with Gasteiger partial charge in [-0.25, -0.2) is 0 Å². The largest absolute Gasteiger partial charge is 0.375 e. The van der Waals surface area contributed by atoms with Gasteiger partial charge in [-0.3, -0.25) is 4.79 Å². The smallest absolute Gasteiger partial charge is 0.223 e. The number of rotatable bonds is 6. The quantitative estimate of drug-likeness (QED) is 0.790. The van der Waals surface area contributed by atoms with Gasteiger partial charge in [0, 0.05) is 31.7 Å². The highest BCUT2D eigenvalue weighted by molar-refractivity contribution is 5.85. The van der Waals surface area contributed by atoms with E-state index in [9.17, 15) is 4.79 Å². The number of anilines is 1. The lowest BCUT2D eigenvalue weighted by atomic mass is 9.97. The molecule has 0 saturated carbocycles. The number of carbonyl (C=O) groups is 1. The number of hydrogen-bond donors (Lipinski definition) is 2. The van der Waals surface area contributed by atoms with Crippen molar-refractivity contribution in [2.24, 2.45) is 5.92 Å². The lowest BCUT2D eigenvalue weighted by Gasteiger charge is -2.22. The molecule has 0 atom stereocenters. The summed E-state index contributed by atoms with van der Waals surface area (Å²) >= 11 is 0. The van der Waals surface area contributed by atoms with E-state index >= 15 is 0 Å². The Morgan fingerprint density at radius 3 is 2.62 bits per heavy atom. The molecular formula is C16H26ClN3O. The molecule has 0 bridgehead atoms. The van der Waals surface area contributed by atoms with Crippen molar-refractivity contribution in [3.8, 4) is 0 Å². The molecule has 0 unspecified atom stereocenters. The lowest BCUT2D eigenvalue weighted by molar-refractivity contribution is -0.125. The zero-order valence-corrected chi connectivity index (χ0v) is 13.5. The Kier molecular flexibility index (Phi) is 8.16. The first-order chi connectivity index (χ1) is 9.77. The van der Waals surface area contributed by atoms with Gasteiger partial charge in [-0.15, -0.1) is 12.4 Å². The van der Waals surface area contributed by atoms with Gasteiger partial charge in [0.25, 0.3) is 0 Å². The molecule has 1 aromatic carbocycles. The Balaban J connectivity index is 0.00000220. The molecule has 0 aliphatic carbocycles. The highest BCUT2D eigenvalue weighted by atomic mass is 35.5. The number of carbonyl (C=O) groups excluding carboxylic acids is 1. The Morgan fingerprint density at radius 2 is 1.95 bits per heavy atom. The summed E-state index contributed by atoms with van der Waals surface area (Å²) in [5, 5.41) is 6.35. The number of hydrogen-bond acceptors (Lipinski definition) is 3. The van der Waals surface area contributed by atoms with Crippen molar-refractivity contribution >= 4 is 24.0 Å². The van der Waals surface area contributed by atoms with Crippen molar-refractivity contribution < 1.29 is 4.79 Å². The molecule has 1 fully saturated rings. The number of nitrogens with one attached hydrogen (secondary N) is 2. The summed E-state index contributed by atoms with van der Waals surface area (Å²) in [6.45, 7) is 3.65. The van der Waals surface area contributed by atoms with E-state index in [1.165, 1.54) is 5.69 Å². The van der Waals surface area contributed by atoms with Crippen LogP contribution in [0.2, 0.25) is 0 Å². The average molecular weight is 312 g/mol. The highest BCUT2D eigenvalue weighted by Gasteiger charge is 2.20. The molecule has 4 nitrogen and oxygen atoms in total. The Labute approximate surface area is 133 Å². The minimum Gasteiger partial charge on any atom is -0.375 e. The second-order valence-electron chi connectivity index (χ2n) is 5.43. The van der Waals surface area contributed by atoms with Crippen molar-refractivity contribution in [2.45, 2.75) is 19.3 Å². The zero-order chi connectivity index (χ0) is 14.2. The van der Waals surface area contributed by atoms with E-state index in [2.05, 4.69) is 34.7 Å². The van der Waals surface area contributed by atoms with Gasteiger partial charge >= 0.3 is 0 Å². The van der Waals surface area contributed by atoms with E-state index < -0.39 is 0 Å². The minimum atomic E-state index is 0. The monoisotopic (exact) mass is 311 g/mol. The van der Waals surface area contributed by atoms with Crippen molar-refractivity contribution in [3.05, 3.63) is 30.3 Å². The summed E-state index contributed by atoms with van der Waals surface area (Å²) in [4.78, 5) is 14.2. The first-order valence-corrected chi connectivity index (χ1v) is 7.52. The molecule has 21 heavy (non-hydrogen) atoms. The van der Waals surface area contributed by atoms with Crippen LogP contribution in [0.25, 0.3) is 0 Å². The Morgan fingerprint density at radius 1 is 1.29 bits per heavy atom. The number of benzene rings is 1. The Hall–Kier alpha value is -1.26. The van der Waals surface area contributed by atoms with Crippen LogP contribution in [0.15, 0.2) is 30.3 Å². The van der Waals surface area contributed by atoms with Gasteiger partial charge in [0.05, 0.1) is 0 Å². The van der Waals surface area contributed by atoms with E-state index in [-0.39, 0.29) is 24.2 Å². The maximum absolute atomic E-state index is 12.0. The number of para-hydroxylation sites is 1. The molecule has 1 amide bonds. The third kappa shape index (κ3) is 5.94. The molecule has 2 rings (SSSR count). The van der Waals surface area contributed by atoms with Crippen molar-refractivity contribution in [1.29, 1.82) is 0 Å². The topological polar surface area (TPSA) is 44.4 Å². The van der Waals surface area contributed by atoms with E-state index in [1.807, 2.05) is 18.2 Å². The second kappa shape index (κ2) is 9.64. The van der Waals surface area contributed by atoms with Crippen molar-refractivity contribution in [3.63, 3.8) is 0 Å². The highest BCUT2D eigenvalue weighted by Crippen LogP contribution is 2.12. The number of halogens is 1. The van der Waals surface area contributed by atoms with Crippen LogP contribution in [0.3, 0.4) is 0 Å². The van der Waals surface area contributed by atoms with Gasteiger partial charge in [0.2, 0.25) is 5.91 Å². The zero-order valence-electron chi connectivity index (χ0n) is 12.7. The van der Waals surface area contributed by atoms with Crippen LogP contribution in [-0.2, 0) is 4.79 Å². The predicted molar refractivity (Wildman–Crippen MR) is 90.2 cm³/mol. The van der Waals surface area contributed by atoms with E-state index in [4.69, 9.17) is 0 Å². The summed E-state index contributed by atoms with van der Waals surface area (Å²) in [5.74, 6) is 0.442. The van der Waals surface area contributed by atoms with E-state index in [0.717, 1.165) is 45.4 Å². The third-order valence-corrected chi connectivity index (χ3v) is 3.88. The fourth-order valence-electron chi connectivity index (χ4n) is 2.57. The van der Waals surface area contributed by atoms with Gasteiger partial charge in [-0.1, -0.05) is 18.2 Å². The molecular weight excluding hydrogens is 286 g/mol. The second-order valence-corrected chi connectivity index (χ2v) is 5.43. The minimum absolute atomic E-state index is 0. The number of piperidine rings is 1. The third-order valence-electron chi connectivity index (χ3n) is 3.88. The summed E-state index contributed by atoms with van der Waals surface area (Å²) in [7, 11) is 2.09. The normalized spacial score (nSPS) is 15.1.